The molecule has 0 saturated carbocycles. The number of carbonyl (C=O) groups excluding carboxylic acids is 2. The van der Waals surface area contributed by atoms with Gasteiger partial charge in [-0.3, -0.25) is 14.9 Å². The minimum atomic E-state index is -0.371. The molecule has 0 atom stereocenters. The Morgan fingerprint density at radius 2 is 1.94 bits per heavy atom. The molecule has 0 spiro atoms. The third-order valence-corrected chi connectivity index (χ3v) is 2.74. The lowest BCUT2D eigenvalue weighted by Crippen LogP contribution is -2.19. The van der Waals surface area contributed by atoms with Gasteiger partial charge in [0.2, 0.25) is 0 Å². The highest BCUT2D eigenvalue weighted by molar-refractivity contribution is 6.21. The summed E-state index contributed by atoms with van der Waals surface area (Å²) in [6.45, 7) is 1.82. The molecule has 1 aromatic carbocycles. The summed E-state index contributed by atoms with van der Waals surface area (Å²) in [5.74, 6) is -0.116. The van der Waals surface area contributed by atoms with Crippen LogP contribution in [-0.4, -0.2) is 16.8 Å². The molecule has 0 fully saturated rings. The molecule has 1 N–H and O–H groups in total. The predicted molar refractivity (Wildman–Crippen MR) is 58.5 cm³/mol. The first-order chi connectivity index (χ1) is 8.16. The van der Waals surface area contributed by atoms with Gasteiger partial charge >= 0.3 is 0 Å². The summed E-state index contributed by atoms with van der Waals surface area (Å²) >= 11 is 0. The van der Waals surface area contributed by atoms with Gasteiger partial charge in [0.05, 0.1) is 16.8 Å². The van der Waals surface area contributed by atoms with E-state index < -0.39 is 0 Å². The van der Waals surface area contributed by atoms with E-state index in [-0.39, 0.29) is 11.8 Å². The average Bonchev–Trinajstić information content (AvgIpc) is 2.84. The summed E-state index contributed by atoms with van der Waals surface area (Å²) in [6.07, 6.45) is 1.35. The largest absolute Gasteiger partial charge is 0.443 e. The lowest BCUT2D eigenvalue weighted by molar-refractivity contribution is 0.0879. The van der Waals surface area contributed by atoms with E-state index in [1.165, 1.54) is 6.39 Å². The van der Waals surface area contributed by atoms with E-state index >= 15 is 0 Å². The van der Waals surface area contributed by atoms with Gasteiger partial charge in [-0.15, -0.1) is 0 Å². The Bertz CT molecular complexity index is 643. The zero-order chi connectivity index (χ0) is 12.0. The van der Waals surface area contributed by atoms with Crippen LogP contribution in [0.2, 0.25) is 0 Å². The molecule has 5 heteroatoms. The van der Waals surface area contributed by atoms with Crippen molar-refractivity contribution in [3.63, 3.8) is 0 Å². The predicted octanol–water partition coefficient (Wildman–Crippen LogP) is 1.53. The van der Waals surface area contributed by atoms with E-state index in [1.807, 2.05) is 6.92 Å². The van der Waals surface area contributed by atoms with Crippen LogP contribution in [0.15, 0.2) is 29.0 Å². The van der Waals surface area contributed by atoms with Crippen LogP contribution < -0.4 is 5.32 Å². The van der Waals surface area contributed by atoms with E-state index in [0.717, 1.165) is 11.3 Å². The fraction of sp³-hybridized carbons (Fsp3) is 0.0833. The molecular formula is C12H8N2O3. The highest BCUT2D eigenvalue weighted by atomic mass is 16.3. The molecule has 17 heavy (non-hydrogen) atoms. The van der Waals surface area contributed by atoms with Crippen LogP contribution in [0.5, 0.6) is 0 Å². The summed E-state index contributed by atoms with van der Waals surface area (Å²) in [5, 5.41) is 2.25. The Morgan fingerprint density at radius 1 is 1.18 bits per heavy atom. The van der Waals surface area contributed by atoms with E-state index in [0.29, 0.717) is 16.9 Å². The molecule has 2 aromatic rings. The Labute approximate surface area is 96.5 Å². The summed E-state index contributed by atoms with van der Waals surface area (Å²) in [4.78, 5) is 26.9. The van der Waals surface area contributed by atoms with Crippen LogP contribution in [-0.2, 0) is 0 Å². The zero-order valence-electron chi connectivity index (χ0n) is 8.98. The number of nitrogens with one attached hydrogen (secondary N) is 1. The number of nitrogens with zero attached hydrogens (tertiary/aromatic N) is 1. The number of benzene rings is 1. The van der Waals surface area contributed by atoms with Gasteiger partial charge in [-0.1, -0.05) is 6.07 Å². The maximum absolute atomic E-state index is 11.5. The second-order valence-electron chi connectivity index (χ2n) is 3.81. The van der Waals surface area contributed by atoms with Crippen LogP contribution in [0.4, 0.5) is 0 Å². The van der Waals surface area contributed by atoms with E-state index in [9.17, 15) is 9.59 Å². The highest BCUT2D eigenvalue weighted by Crippen LogP contribution is 2.26. The van der Waals surface area contributed by atoms with Crippen LogP contribution in [0.25, 0.3) is 11.3 Å². The van der Waals surface area contributed by atoms with Crippen LogP contribution in [0, 0.1) is 6.92 Å². The smallest absolute Gasteiger partial charge is 0.258 e. The van der Waals surface area contributed by atoms with Gasteiger partial charge in [-0.2, -0.15) is 0 Å². The first-order valence-corrected chi connectivity index (χ1v) is 5.07. The topological polar surface area (TPSA) is 72.2 Å². The molecule has 1 aliphatic rings. The van der Waals surface area contributed by atoms with Crippen LogP contribution >= 0.6 is 0 Å². The molecule has 84 valence electrons. The van der Waals surface area contributed by atoms with E-state index in [2.05, 4.69) is 10.3 Å². The van der Waals surface area contributed by atoms with Crippen molar-refractivity contribution in [3.05, 3.63) is 41.4 Å². The normalized spacial score (nSPS) is 13.7. The van der Waals surface area contributed by atoms with E-state index in [4.69, 9.17) is 4.42 Å². The van der Waals surface area contributed by atoms with Crippen molar-refractivity contribution in [1.82, 2.24) is 10.3 Å². The monoisotopic (exact) mass is 228 g/mol. The number of rotatable bonds is 1. The first-order valence-electron chi connectivity index (χ1n) is 5.07. The van der Waals surface area contributed by atoms with E-state index in [1.54, 1.807) is 18.2 Å². The number of hydrogen-bond donors (Lipinski definition) is 1. The lowest BCUT2D eigenvalue weighted by atomic mass is 10.0. The van der Waals surface area contributed by atoms with Crippen molar-refractivity contribution in [2.24, 2.45) is 0 Å². The number of oxazole rings is 1. The minimum absolute atomic E-state index is 0.356. The Hall–Kier alpha value is -2.43. The van der Waals surface area contributed by atoms with Crippen LogP contribution in [0.1, 0.15) is 26.4 Å². The van der Waals surface area contributed by atoms with Crippen molar-refractivity contribution in [3.8, 4) is 11.3 Å². The number of aromatic nitrogens is 1. The fourth-order valence-corrected chi connectivity index (χ4v) is 1.89. The van der Waals surface area contributed by atoms with Gasteiger partial charge in [0.1, 0.15) is 0 Å². The molecule has 3 rings (SSSR count). The summed E-state index contributed by atoms with van der Waals surface area (Å²) in [7, 11) is 0. The molecule has 2 amide bonds. The van der Waals surface area contributed by atoms with Crippen molar-refractivity contribution >= 4 is 11.8 Å². The maximum atomic E-state index is 11.5. The summed E-state index contributed by atoms with van der Waals surface area (Å²) < 4.78 is 5.24. The van der Waals surface area contributed by atoms with Gasteiger partial charge in [-0.25, -0.2) is 4.98 Å². The molecule has 0 aliphatic carbocycles. The highest BCUT2D eigenvalue weighted by Gasteiger charge is 2.27. The number of fused-ring (bicyclic) bond motifs is 1. The number of aryl methyl sites for hydroxylation is 1. The Kier molecular flexibility index (Phi) is 1.89. The summed E-state index contributed by atoms with van der Waals surface area (Å²) in [5.41, 5.74) is 2.26. The number of hydrogen-bond acceptors (Lipinski definition) is 4. The molecule has 1 aromatic heterocycles. The third kappa shape index (κ3) is 1.36. The van der Waals surface area contributed by atoms with Gasteiger partial charge in [-0.05, 0) is 19.1 Å². The molecule has 5 nitrogen and oxygen atoms in total. The van der Waals surface area contributed by atoms with Gasteiger partial charge in [0, 0.05) is 5.56 Å². The Balaban J connectivity index is 2.17. The quantitative estimate of drug-likeness (QED) is 0.751. The van der Waals surface area contributed by atoms with Crippen LogP contribution in [0.3, 0.4) is 0 Å². The molecule has 2 heterocycles. The molecule has 0 radical (unpaired) electrons. The molecular weight excluding hydrogens is 220 g/mol. The molecule has 1 aliphatic heterocycles. The minimum Gasteiger partial charge on any atom is -0.443 e. The zero-order valence-corrected chi connectivity index (χ0v) is 8.98. The first kappa shape index (κ1) is 9.77. The van der Waals surface area contributed by atoms with Gasteiger partial charge in [0.25, 0.3) is 11.8 Å². The SMILES string of the molecule is Cc1ncoc1-c1ccc2c(c1)C(=O)NC2=O. The number of imide groups is 1. The third-order valence-electron chi connectivity index (χ3n) is 2.74. The Morgan fingerprint density at radius 3 is 2.65 bits per heavy atom. The summed E-state index contributed by atoms with van der Waals surface area (Å²) in [6, 6.07) is 5.00. The fourth-order valence-electron chi connectivity index (χ4n) is 1.89. The van der Waals surface area contributed by atoms with Gasteiger partial charge in [0.15, 0.2) is 12.2 Å². The van der Waals surface area contributed by atoms with Crippen molar-refractivity contribution in [1.29, 1.82) is 0 Å². The number of amides is 2. The van der Waals surface area contributed by atoms with Crippen molar-refractivity contribution < 1.29 is 14.0 Å². The molecule has 0 bridgehead atoms. The lowest BCUT2D eigenvalue weighted by Gasteiger charge is -2.00. The van der Waals surface area contributed by atoms with Crippen molar-refractivity contribution in [2.75, 3.05) is 0 Å². The number of carbonyl (C=O) groups is 2. The maximum Gasteiger partial charge on any atom is 0.258 e. The average molecular weight is 228 g/mol. The molecule has 0 saturated heterocycles. The molecule has 0 unspecified atom stereocenters. The van der Waals surface area contributed by atoms with Crippen molar-refractivity contribution in [2.45, 2.75) is 6.92 Å². The van der Waals surface area contributed by atoms with Gasteiger partial charge < -0.3 is 4.42 Å². The second-order valence-corrected chi connectivity index (χ2v) is 3.81. The standard InChI is InChI=1S/C12H8N2O3/c1-6-10(17-5-13-6)7-2-3-8-9(4-7)12(16)14-11(8)15/h2-5H,1H3,(H,14,15,16). The second kappa shape index (κ2) is 3.28.